The highest BCUT2D eigenvalue weighted by atomic mass is 32.1. The predicted molar refractivity (Wildman–Crippen MR) is 100 cm³/mol. The number of amides is 1. The number of carbonyl (C=O) groups is 1. The molecule has 7 heteroatoms. The van der Waals surface area contributed by atoms with Crippen molar-refractivity contribution >= 4 is 33.3 Å². The number of thiophene rings is 1. The monoisotopic (exact) mass is 353 g/mol. The fourth-order valence-corrected chi connectivity index (χ4v) is 4.07. The van der Waals surface area contributed by atoms with Gasteiger partial charge in [0.1, 0.15) is 5.54 Å². The summed E-state index contributed by atoms with van der Waals surface area (Å²) in [5, 5.41) is 7.94. The average molecular weight is 353 g/mol. The lowest BCUT2D eigenvalue weighted by Crippen LogP contribution is -2.48. The van der Waals surface area contributed by atoms with Gasteiger partial charge >= 0.3 is 0 Å². The van der Waals surface area contributed by atoms with Crippen LogP contribution >= 0.6 is 11.3 Å². The molecule has 0 saturated heterocycles. The van der Waals surface area contributed by atoms with E-state index in [0.29, 0.717) is 0 Å². The fraction of sp³-hybridized carbons (Fsp3) is 0.278. The van der Waals surface area contributed by atoms with Gasteiger partial charge in [0, 0.05) is 24.4 Å². The van der Waals surface area contributed by atoms with Crippen molar-refractivity contribution in [2.75, 3.05) is 7.05 Å². The van der Waals surface area contributed by atoms with Gasteiger partial charge in [-0.05, 0) is 42.0 Å². The highest BCUT2D eigenvalue weighted by molar-refractivity contribution is 7.17. The predicted octanol–water partition coefficient (Wildman–Crippen LogP) is 2.69. The standard InChI is InChI=1S/C18H19N5OS/c1-18(10-16(24)22(2)17(19)20-18)15-9-13(21-23(15)3)11-4-5-14-12(8-11)6-7-25-14/h4-9H,10H2,1-3H3,(H2,19,20)/t18-/m0/s1. The van der Waals surface area contributed by atoms with Crippen LogP contribution in [-0.4, -0.2) is 33.6 Å². The molecule has 0 spiro atoms. The van der Waals surface area contributed by atoms with Crippen LogP contribution in [0.25, 0.3) is 21.3 Å². The normalized spacial score (nSPS) is 21.0. The van der Waals surface area contributed by atoms with Crippen molar-refractivity contribution < 1.29 is 4.79 Å². The van der Waals surface area contributed by atoms with Gasteiger partial charge in [-0.15, -0.1) is 11.3 Å². The van der Waals surface area contributed by atoms with E-state index in [1.165, 1.54) is 15.0 Å². The van der Waals surface area contributed by atoms with Crippen LogP contribution in [0.1, 0.15) is 19.0 Å². The summed E-state index contributed by atoms with van der Waals surface area (Å²) in [7, 11) is 3.52. The molecule has 0 aliphatic carbocycles. The summed E-state index contributed by atoms with van der Waals surface area (Å²) in [5.41, 5.74) is 8.01. The molecule has 25 heavy (non-hydrogen) atoms. The van der Waals surface area contributed by atoms with E-state index in [2.05, 4.69) is 39.7 Å². The Morgan fingerprint density at radius 2 is 2.04 bits per heavy atom. The molecule has 1 amide bonds. The van der Waals surface area contributed by atoms with Gasteiger partial charge in [0.05, 0.1) is 17.8 Å². The van der Waals surface area contributed by atoms with Crippen LogP contribution in [0.4, 0.5) is 0 Å². The number of carbonyl (C=O) groups excluding carboxylic acids is 1. The average Bonchev–Trinajstić information content (AvgIpc) is 3.18. The number of aromatic nitrogens is 2. The SMILES string of the molecule is CN1C(=O)C[C@@](C)(c2cc(-c3ccc4sccc4c3)nn2C)N=C1N. The van der Waals surface area contributed by atoms with Crippen LogP contribution in [0.5, 0.6) is 0 Å². The van der Waals surface area contributed by atoms with E-state index in [9.17, 15) is 4.79 Å². The Morgan fingerprint density at radius 3 is 2.80 bits per heavy atom. The molecule has 1 aliphatic heterocycles. The van der Waals surface area contributed by atoms with Gasteiger partial charge < -0.3 is 5.73 Å². The van der Waals surface area contributed by atoms with Gasteiger partial charge in [0.15, 0.2) is 5.96 Å². The lowest BCUT2D eigenvalue weighted by molar-refractivity contribution is -0.128. The van der Waals surface area contributed by atoms with Crippen molar-refractivity contribution in [2.45, 2.75) is 18.9 Å². The molecule has 4 rings (SSSR count). The highest BCUT2D eigenvalue weighted by Gasteiger charge is 2.38. The first-order valence-electron chi connectivity index (χ1n) is 8.01. The summed E-state index contributed by atoms with van der Waals surface area (Å²) in [6.07, 6.45) is 0.271. The quantitative estimate of drug-likeness (QED) is 0.769. The van der Waals surface area contributed by atoms with Crippen molar-refractivity contribution in [1.29, 1.82) is 0 Å². The van der Waals surface area contributed by atoms with Gasteiger partial charge in [0.2, 0.25) is 5.91 Å². The Labute approximate surface area is 149 Å². The molecule has 0 radical (unpaired) electrons. The van der Waals surface area contributed by atoms with Crippen LogP contribution in [-0.2, 0) is 17.4 Å². The molecular weight excluding hydrogens is 334 g/mol. The zero-order valence-electron chi connectivity index (χ0n) is 14.4. The molecule has 1 aromatic carbocycles. The van der Waals surface area contributed by atoms with Gasteiger partial charge in [-0.2, -0.15) is 5.10 Å². The minimum Gasteiger partial charge on any atom is -0.369 e. The number of hydrogen-bond acceptors (Lipinski definition) is 5. The Hall–Kier alpha value is -2.67. The summed E-state index contributed by atoms with van der Waals surface area (Å²) in [5.74, 6) is 0.193. The van der Waals surface area contributed by atoms with Crippen molar-refractivity contribution in [3.63, 3.8) is 0 Å². The molecule has 128 valence electrons. The zero-order chi connectivity index (χ0) is 17.8. The van der Waals surface area contributed by atoms with E-state index < -0.39 is 5.54 Å². The number of nitrogens with two attached hydrogens (primary N) is 1. The van der Waals surface area contributed by atoms with E-state index in [-0.39, 0.29) is 18.3 Å². The van der Waals surface area contributed by atoms with Crippen molar-refractivity contribution in [3.8, 4) is 11.3 Å². The molecule has 3 heterocycles. The number of guanidine groups is 1. The first-order chi connectivity index (χ1) is 11.9. The summed E-state index contributed by atoms with van der Waals surface area (Å²) >= 11 is 1.72. The number of rotatable bonds is 2. The molecule has 2 N–H and O–H groups in total. The third-order valence-corrected chi connectivity index (χ3v) is 5.65. The van der Waals surface area contributed by atoms with Crippen LogP contribution in [0.2, 0.25) is 0 Å². The summed E-state index contributed by atoms with van der Waals surface area (Å²) in [4.78, 5) is 18.2. The summed E-state index contributed by atoms with van der Waals surface area (Å²) in [6, 6.07) is 10.4. The molecule has 0 unspecified atom stereocenters. The Bertz CT molecular complexity index is 1020. The maximum atomic E-state index is 12.2. The molecule has 1 atom stereocenters. The first kappa shape index (κ1) is 15.8. The van der Waals surface area contributed by atoms with E-state index in [4.69, 9.17) is 5.73 Å². The van der Waals surface area contributed by atoms with E-state index in [1.807, 2.05) is 20.0 Å². The lowest BCUT2D eigenvalue weighted by atomic mass is 9.91. The Kier molecular flexibility index (Phi) is 3.43. The largest absolute Gasteiger partial charge is 0.369 e. The second-order valence-corrected chi connectivity index (χ2v) is 7.53. The second-order valence-electron chi connectivity index (χ2n) is 6.59. The molecule has 0 bridgehead atoms. The number of hydrogen-bond donors (Lipinski definition) is 1. The van der Waals surface area contributed by atoms with Crippen LogP contribution in [0, 0.1) is 0 Å². The fourth-order valence-electron chi connectivity index (χ4n) is 3.29. The van der Waals surface area contributed by atoms with E-state index in [0.717, 1.165) is 17.0 Å². The molecule has 2 aromatic heterocycles. The van der Waals surface area contributed by atoms with Crippen molar-refractivity contribution in [1.82, 2.24) is 14.7 Å². The van der Waals surface area contributed by atoms with Crippen molar-refractivity contribution in [3.05, 3.63) is 41.4 Å². The van der Waals surface area contributed by atoms with Crippen LogP contribution in [0.15, 0.2) is 40.7 Å². The number of fused-ring (bicyclic) bond motifs is 1. The Morgan fingerprint density at radius 1 is 1.24 bits per heavy atom. The van der Waals surface area contributed by atoms with E-state index >= 15 is 0 Å². The summed E-state index contributed by atoms with van der Waals surface area (Å²) in [6.45, 7) is 1.92. The number of aliphatic imine (C=N–C) groups is 1. The topological polar surface area (TPSA) is 76.5 Å². The van der Waals surface area contributed by atoms with Gasteiger partial charge in [0.25, 0.3) is 0 Å². The van der Waals surface area contributed by atoms with Gasteiger partial charge in [-0.1, -0.05) is 6.07 Å². The molecular formula is C18H19N5OS. The lowest BCUT2D eigenvalue weighted by Gasteiger charge is -2.33. The molecule has 6 nitrogen and oxygen atoms in total. The van der Waals surface area contributed by atoms with Crippen LogP contribution in [0.3, 0.4) is 0 Å². The Balaban J connectivity index is 1.79. The molecule has 3 aromatic rings. The van der Waals surface area contributed by atoms with Gasteiger partial charge in [-0.3, -0.25) is 14.4 Å². The minimum atomic E-state index is -0.708. The number of benzene rings is 1. The van der Waals surface area contributed by atoms with E-state index in [1.54, 1.807) is 23.1 Å². The molecule has 1 aliphatic rings. The number of aryl methyl sites for hydroxylation is 1. The molecule has 0 saturated carbocycles. The first-order valence-corrected chi connectivity index (χ1v) is 8.89. The highest BCUT2D eigenvalue weighted by Crippen LogP contribution is 2.35. The zero-order valence-corrected chi connectivity index (χ0v) is 15.2. The van der Waals surface area contributed by atoms with Crippen molar-refractivity contribution in [2.24, 2.45) is 17.8 Å². The summed E-state index contributed by atoms with van der Waals surface area (Å²) < 4.78 is 3.05. The minimum absolute atomic E-state index is 0.0440. The smallest absolute Gasteiger partial charge is 0.231 e. The van der Waals surface area contributed by atoms with Gasteiger partial charge in [-0.25, -0.2) is 4.99 Å². The van der Waals surface area contributed by atoms with Crippen LogP contribution < -0.4 is 5.73 Å². The molecule has 0 fully saturated rings. The maximum absolute atomic E-state index is 12.2. The third-order valence-electron chi connectivity index (χ3n) is 4.75. The second kappa shape index (κ2) is 5.42. The third kappa shape index (κ3) is 2.51. The maximum Gasteiger partial charge on any atom is 0.231 e. The number of nitrogens with zero attached hydrogens (tertiary/aromatic N) is 4.